The van der Waals surface area contributed by atoms with E-state index in [0.717, 1.165) is 22.0 Å². The summed E-state index contributed by atoms with van der Waals surface area (Å²) in [6.45, 7) is 0. The lowest BCUT2D eigenvalue weighted by atomic mass is 10.0. The summed E-state index contributed by atoms with van der Waals surface area (Å²) in [5.74, 6) is 0. The van der Waals surface area contributed by atoms with Gasteiger partial charge in [0.2, 0.25) is 0 Å². The highest BCUT2D eigenvalue weighted by Gasteiger charge is 2.13. The van der Waals surface area contributed by atoms with E-state index in [4.69, 9.17) is 5.73 Å². The van der Waals surface area contributed by atoms with Crippen molar-refractivity contribution in [2.24, 2.45) is 5.73 Å². The molecule has 3 heteroatoms. The van der Waals surface area contributed by atoms with E-state index in [-0.39, 0.29) is 6.04 Å². The van der Waals surface area contributed by atoms with Crippen molar-refractivity contribution in [2.45, 2.75) is 6.04 Å². The molecule has 0 radical (unpaired) electrons. The summed E-state index contributed by atoms with van der Waals surface area (Å²) in [5, 5.41) is 2.25. The number of nitrogens with zero attached hydrogens (tertiary/aromatic N) is 2. The predicted octanol–water partition coefficient (Wildman–Crippen LogP) is 2.68. The van der Waals surface area contributed by atoms with Crippen LogP contribution in [0.5, 0.6) is 0 Å². The van der Waals surface area contributed by atoms with E-state index in [0.29, 0.717) is 0 Å². The molecule has 0 bridgehead atoms. The molecule has 2 heterocycles. The Morgan fingerprint density at radius 3 is 2.67 bits per heavy atom. The van der Waals surface area contributed by atoms with Crippen LogP contribution in [0.1, 0.15) is 17.3 Å². The van der Waals surface area contributed by atoms with Gasteiger partial charge in [-0.1, -0.05) is 30.3 Å². The second-order valence-corrected chi connectivity index (χ2v) is 4.18. The molecule has 88 valence electrons. The van der Waals surface area contributed by atoms with Gasteiger partial charge in [-0.3, -0.25) is 9.97 Å². The summed E-state index contributed by atoms with van der Waals surface area (Å²) < 4.78 is 0. The molecule has 3 rings (SSSR count). The summed E-state index contributed by atoms with van der Waals surface area (Å²) in [6.07, 6.45) is 5.33. The van der Waals surface area contributed by atoms with Crippen LogP contribution in [0.15, 0.2) is 61.1 Å². The zero-order valence-corrected chi connectivity index (χ0v) is 9.82. The molecule has 0 saturated heterocycles. The number of hydrogen-bond donors (Lipinski definition) is 1. The van der Waals surface area contributed by atoms with Crippen LogP contribution in [-0.4, -0.2) is 9.97 Å². The quantitative estimate of drug-likeness (QED) is 0.743. The number of pyridine rings is 2. The van der Waals surface area contributed by atoms with Gasteiger partial charge in [0.15, 0.2) is 0 Å². The first-order valence-corrected chi connectivity index (χ1v) is 5.85. The number of hydrogen-bond acceptors (Lipinski definition) is 3. The van der Waals surface area contributed by atoms with Crippen molar-refractivity contribution in [3.63, 3.8) is 0 Å². The monoisotopic (exact) mass is 235 g/mol. The number of nitrogens with two attached hydrogens (primary N) is 1. The maximum atomic E-state index is 6.28. The van der Waals surface area contributed by atoms with Gasteiger partial charge in [-0.25, -0.2) is 0 Å². The molecular formula is C15H13N3. The molecule has 0 fully saturated rings. The van der Waals surface area contributed by atoms with Crippen LogP contribution in [-0.2, 0) is 0 Å². The second-order valence-electron chi connectivity index (χ2n) is 4.18. The summed E-state index contributed by atoms with van der Waals surface area (Å²) in [6, 6.07) is 13.7. The Balaban J connectivity index is 2.15. The lowest BCUT2D eigenvalue weighted by Gasteiger charge is -2.13. The van der Waals surface area contributed by atoms with Crippen molar-refractivity contribution in [3.8, 4) is 0 Å². The minimum absolute atomic E-state index is 0.246. The fourth-order valence-corrected chi connectivity index (χ4v) is 2.11. The molecule has 1 atom stereocenters. The third kappa shape index (κ3) is 1.85. The van der Waals surface area contributed by atoms with E-state index in [1.807, 2.05) is 36.4 Å². The van der Waals surface area contributed by atoms with Crippen molar-refractivity contribution in [2.75, 3.05) is 0 Å². The molecule has 1 unspecified atom stereocenters. The fourth-order valence-electron chi connectivity index (χ4n) is 2.11. The smallest absolute Gasteiger partial charge is 0.0747 e. The molecular weight excluding hydrogens is 222 g/mol. The van der Waals surface area contributed by atoms with E-state index >= 15 is 0 Å². The molecule has 3 aromatic rings. The van der Waals surface area contributed by atoms with Gasteiger partial charge in [0.1, 0.15) is 0 Å². The fraction of sp³-hybridized carbons (Fsp3) is 0.0667. The number of rotatable bonds is 2. The SMILES string of the molecule is NC(c1cccnc1)c1nccc2ccccc12. The highest BCUT2D eigenvalue weighted by Crippen LogP contribution is 2.24. The number of aromatic nitrogens is 2. The van der Waals surface area contributed by atoms with Crippen molar-refractivity contribution in [1.82, 2.24) is 9.97 Å². The maximum absolute atomic E-state index is 6.28. The number of fused-ring (bicyclic) bond motifs is 1. The van der Waals surface area contributed by atoms with Crippen LogP contribution in [0.3, 0.4) is 0 Å². The van der Waals surface area contributed by atoms with Gasteiger partial charge in [-0.05, 0) is 23.1 Å². The summed E-state index contributed by atoms with van der Waals surface area (Å²) in [5.41, 5.74) is 8.14. The first-order valence-electron chi connectivity index (χ1n) is 5.85. The summed E-state index contributed by atoms with van der Waals surface area (Å²) in [4.78, 5) is 8.53. The third-order valence-corrected chi connectivity index (χ3v) is 3.04. The van der Waals surface area contributed by atoms with E-state index in [1.165, 1.54) is 0 Å². The van der Waals surface area contributed by atoms with Gasteiger partial charge in [0, 0.05) is 24.0 Å². The Morgan fingerprint density at radius 1 is 0.944 bits per heavy atom. The van der Waals surface area contributed by atoms with Crippen molar-refractivity contribution >= 4 is 10.8 Å². The van der Waals surface area contributed by atoms with Crippen LogP contribution in [0, 0.1) is 0 Å². The van der Waals surface area contributed by atoms with Crippen LogP contribution in [0.4, 0.5) is 0 Å². The molecule has 18 heavy (non-hydrogen) atoms. The Labute approximate surface area is 105 Å². The van der Waals surface area contributed by atoms with Crippen molar-refractivity contribution < 1.29 is 0 Å². The Hall–Kier alpha value is -2.26. The van der Waals surface area contributed by atoms with Gasteiger partial charge in [0.25, 0.3) is 0 Å². The van der Waals surface area contributed by atoms with Crippen molar-refractivity contribution in [1.29, 1.82) is 0 Å². The molecule has 1 aromatic carbocycles. The second kappa shape index (κ2) is 4.55. The third-order valence-electron chi connectivity index (χ3n) is 3.04. The first-order chi connectivity index (χ1) is 8.86. The molecule has 0 aliphatic heterocycles. The highest BCUT2D eigenvalue weighted by molar-refractivity contribution is 5.84. The van der Waals surface area contributed by atoms with Gasteiger partial charge in [-0.2, -0.15) is 0 Å². The average Bonchev–Trinajstić information content (AvgIpc) is 2.47. The van der Waals surface area contributed by atoms with E-state index in [2.05, 4.69) is 16.0 Å². The topological polar surface area (TPSA) is 51.8 Å². The van der Waals surface area contributed by atoms with Crippen LogP contribution >= 0.6 is 0 Å². The van der Waals surface area contributed by atoms with E-state index in [9.17, 15) is 0 Å². The average molecular weight is 235 g/mol. The van der Waals surface area contributed by atoms with Crippen molar-refractivity contribution in [3.05, 3.63) is 72.3 Å². The lowest BCUT2D eigenvalue weighted by Crippen LogP contribution is -2.14. The minimum atomic E-state index is -0.246. The molecule has 2 N–H and O–H groups in total. The normalized spacial score (nSPS) is 12.5. The lowest BCUT2D eigenvalue weighted by molar-refractivity contribution is 0.833. The Kier molecular flexibility index (Phi) is 2.74. The van der Waals surface area contributed by atoms with E-state index in [1.54, 1.807) is 18.6 Å². The molecule has 0 aliphatic rings. The van der Waals surface area contributed by atoms with Gasteiger partial charge >= 0.3 is 0 Å². The molecule has 2 aromatic heterocycles. The molecule has 0 spiro atoms. The van der Waals surface area contributed by atoms with Crippen LogP contribution in [0.2, 0.25) is 0 Å². The van der Waals surface area contributed by atoms with Crippen LogP contribution in [0.25, 0.3) is 10.8 Å². The molecule has 0 aliphatic carbocycles. The van der Waals surface area contributed by atoms with Gasteiger partial charge in [0.05, 0.1) is 11.7 Å². The Bertz CT molecular complexity index is 659. The summed E-state index contributed by atoms with van der Waals surface area (Å²) in [7, 11) is 0. The highest BCUT2D eigenvalue weighted by atomic mass is 14.8. The maximum Gasteiger partial charge on any atom is 0.0747 e. The van der Waals surface area contributed by atoms with Gasteiger partial charge in [-0.15, -0.1) is 0 Å². The minimum Gasteiger partial charge on any atom is -0.319 e. The zero-order chi connectivity index (χ0) is 12.4. The predicted molar refractivity (Wildman–Crippen MR) is 72.0 cm³/mol. The van der Waals surface area contributed by atoms with Gasteiger partial charge < -0.3 is 5.73 Å². The number of benzene rings is 1. The standard InChI is InChI=1S/C15H13N3/c16-14(12-5-3-8-17-10-12)15-13-6-2-1-4-11(13)7-9-18-15/h1-10,14H,16H2. The van der Waals surface area contributed by atoms with Crippen LogP contribution < -0.4 is 5.73 Å². The van der Waals surface area contributed by atoms with E-state index < -0.39 is 0 Å². The first kappa shape index (κ1) is 10.9. The summed E-state index contributed by atoms with van der Waals surface area (Å²) >= 11 is 0. The zero-order valence-electron chi connectivity index (χ0n) is 9.82. The largest absolute Gasteiger partial charge is 0.319 e. The molecule has 0 saturated carbocycles. The molecule has 0 amide bonds. The Morgan fingerprint density at radius 2 is 1.83 bits per heavy atom. The molecule has 3 nitrogen and oxygen atoms in total.